The Hall–Kier alpha value is -0.790. The van der Waals surface area contributed by atoms with Crippen LogP contribution in [0, 0.1) is 5.41 Å². The Morgan fingerprint density at radius 2 is 2.08 bits per heavy atom. The Labute approximate surface area is 80.9 Å². The van der Waals surface area contributed by atoms with Crippen molar-refractivity contribution in [1.82, 2.24) is 0 Å². The third kappa shape index (κ3) is 2.33. The van der Waals surface area contributed by atoms with Crippen molar-refractivity contribution in [2.45, 2.75) is 40.0 Å². The van der Waals surface area contributed by atoms with Crippen LogP contribution in [0.15, 0.2) is 16.3 Å². The first-order valence-corrected chi connectivity index (χ1v) is 4.87. The van der Waals surface area contributed by atoms with Crippen molar-refractivity contribution in [1.29, 1.82) is 0 Å². The summed E-state index contributed by atoms with van der Waals surface area (Å²) in [6.45, 7) is 6.56. The second-order valence-electron chi connectivity index (χ2n) is 4.67. The van der Waals surface area contributed by atoms with E-state index < -0.39 is 0 Å². The zero-order valence-corrected chi connectivity index (χ0v) is 9.15. The number of allylic oxidation sites excluding steroid dienone is 2. The molecule has 13 heavy (non-hydrogen) atoms. The highest BCUT2D eigenvalue weighted by Gasteiger charge is 2.28. The van der Waals surface area contributed by atoms with Gasteiger partial charge < -0.3 is 5.73 Å². The molecule has 0 aromatic heterocycles. The van der Waals surface area contributed by atoms with Gasteiger partial charge in [0.05, 0.1) is 0 Å². The summed E-state index contributed by atoms with van der Waals surface area (Å²) >= 11 is 0. The van der Waals surface area contributed by atoms with E-state index in [0.717, 1.165) is 18.5 Å². The molecule has 0 saturated heterocycles. The summed E-state index contributed by atoms with van der Waals surface area (Å²) in [6, 6.07) is 0. The van der Waals surface area contributed by atoms with Crippen molar-refractivity contribution < 1.29 is 0 Å². The van der Waals surface area contributed by atoms with Crippen LogP contribution in [-0.2, 0) is 0 Å². The predicted molar refractivity (Wildman–Crippen MR) is 57.9 cm³/mol. The molecule has 0 aromatic rings. The van der Waals surface area contributed by atoms with E-state index in [1.807, 2.05) is 14.0 Å². The van der Waals surface area contributed by atoms with Crippen LogP contribution in [0.4, 0.5) is 0 Å². The van der Waals surface area contributed by atoms with Crippen LogP contribution in [0.5, 0.6) is 0 Å². The average molecular weight is 180 g/mol. The van der Waals surface area contributed by atoms with Gasteiger partial charge in [-0.15, -0.1) is 0 Å². The second kappa shape index (κ2) is 3.52. The number of aliphatic imine (C=N–C) groups is 1. The van der Waals surface area contributed by atoms with Crippen LogP contribution in [-0.4, -0.2) is 12.8 Å². The minimum atomic E-state index is 0.397. The molecule has 0 spiro atoms. The molecule has 0 amide bonds. The van der Waals surface area contributed by atoms with E-state index in [1.54, 1.807) is 0 Å². The Morgan fingerprint density at radius 1 is 1.46 bits per heavy atom. The zero-order valence-electron chi connectivity index (χ0n) is 9.15. The molecule has 1 aliphatic carbocycles. The molecular weight excluding hydrogens is 160 g/mol. The number of nitrogens with zero attached hydrogens (tertiary/aromatic N) is 1. The third-order valence-electron chi connectivity index (χ3n) is 2.79. The monoisotopic (exact) mass is 180 g/mol. The topological polar surface area (TPSA) is 38.4 Å². The van der Waals surface area contributed by atoms with Gasteiger partial charge in [0.2, 0.25) is 0 Å². The highest BCUT2D eigenvalue weighted by molar-refractivity contribution is 6.01. The lowest BCUT2D eigenvalue weighted by Crippen LogP contribution is -2.26. The summed E-state index contributed by atoms with van der Waals surface area (Å²) in [4.78, 5) is 4.32. The first-order valence-electron chi connectivity index (χ1n) is 4.87. The quantitative estimate of drug-likeness (QED) is 0.611. The van der Waals surface area contributed by atoms with Crippen LogP contribution >= 0.6 is 0 Å². The zero-order chi connectivity index (χ0) is 10.1. The van der Waals surface area contributed by atoms with Crippen LogP contribution in [0.1, 0.15) is 40.0 Å². The molecule has 0 bridgehead atoms. The molecule has 0 atom stereocenters. The first-order chi connectivity index (χ1) is 5.96. The number of nitrogens with two attached hydrogens (primary N) is 1. The maximum Gasteiger partial charge on any atom is 0.0399 e. The molecule has 0 heterocycles. The van der Waals surface area contributed by atoms with E-state index in [4.69, 9.17) is 5.73 Å². The van der Waals surface area contributed by atoms with Gasteiger partial charge in [0, 0.05) is 18.5 Å². The fourth-order valence-electron chi connectivity index (χ4n) is 1.89. The van der Waals surface area contributed by atoms with Crippen LogP contribution in [0.25, 0.3) is 0 Å². The van der Waals surface area contributed by atoms with Crippen molar-refractivity contribution in [2.75, 3.05) is 7.05 Å². The lowest BCUT2D eigenvalue weighted by atomic mass is 9.74. The number of hydrogen-bond acceptors (Lipinski definition) is 2. The molecule has 0 aliphatic heterocycles. The van der Waals surface area contributed by atoms with Gasteiger partial charge in [-0.05, 0) is 37.2 Å². The maximum absolute atomic E-state index is 5.82. The molecule has 74 valence electrons. The Balaban J connectivity index is 2.92. The van der Waals surface area contributed by atoms with Gasteiger partial charge in [0.1, 0.15) is 0 Å². The molecule has 2 N–H and O–H groups in total. The number of rotatable bonds is 0. The first kappa shape index (κ1) is 10.3. The Kier molecular flexibility index (Phi) is 2.79. The summed E-state index contributed by atoms with van der Waals surface area (Å²) in [5, 5.41) is 0. The molecule has 0 aromatic carbocycles. The molecule has 1 aliphatic rings. The molecule has 1 saturated carbocycles. The van der Waals surface area contributed by atoms with Gasteiger partial charge >= 0.3 is 0 Å². The van der Waals surface area contributed by atoms with Gasteiger partial charge in [0.15, 0.2) is 0 Å². The fourth-order valence-corrected chi connectivity index (χ4v) is 1.89. The minimum absolute atomic E-state index is 0.397. The van der Waals surface area contributed by atoms with E-state index in [-0.39, 0.29) is 0 Å². The standard InChI is InChI=1S/C11H20N2/c1-8(12)9-5-6-11(2,3)7-10(9)13-4/h5-7,12H2,1-4H3. The molecular formula is C11H20N2. The molecule has 0 unspecified atom stereocenters. The van der Waals surface area contributed by atoms with E-state index in [1.165, 1.54) is 17.7 Å². The summed E-state index contributed by atoms with van der Waals surface area (Å²) in [5.41, 5.74) is 9.64. The Morgan fingerprint density at radius 3 is 2.54 bits per heavy atom. The molecule has 2 heteroatoms. The minimum Gasteiger partial charge on any atom is -0.402 e. The number of hydrogen-bond donors (Lipinski definition) is 1. The van der Waals surface area contributed by atoms with Gasteiger partial charge in [-0.2, -0.15) is 0 Å². The smallest absolute Gasteiger partial charge is 0.0399 e. The Bertz CT molecular complexity index is 255. The van der Waals surface area contributed by atoms with Crippen molar-refractivity contribution >= 4 is 5.71 Å². The summed E-state index contributed by atoms with van der Waals surface area (Å²) in [5.74, 6) is 0. The van der Waals surface area contributed by atoms with Crippen LogP contribution in [0.2, 0.25) is 0 Å². The molecule has 2 nitrogen and oxygen atoms in total. The van der Waals surface area contributed by atoms with E-state index in [2.05, 4.69) is 18.8 Å². The summed E-state index contributed by atoms with van der Waals surface area (Å²) in [6.07, 6.45) is 3.37. The van der Waals surface area contributed by atoms with Crippen molar-refractivity contribution in [3.63, 3.8) is 0 Å². The van der Waals surface area contributed by atoms with E-state index in [0.29, 0.717) is 5.41 Å². The lowest BCUT2D eigenvalue weighted by molar-refractivity contribution is 0.338. The second-order valence-corrected chi connectivity index (χ2v) is 4.67. The fraction of sp³-hybridized carbons (Fsp3) is 0.727. The summed E-state index contributed by atoms with van der Waals surface area (Å²) in [7, 11) is 1.86. The lowest BCUT2D eigenvalue weighted by Gasteiger charge is -2.32. The average Bonchev–Trinajstić information content (AvgIpc) is 2.01. The highest BCUT2D eigenvalue weighted by Crippen LogP contribution is 2.36. The van der Waals surface area contributed by atoms with E-state index >= 15 is 0 Å². The van der Waals surface area contributed by atoms with Crippen LogP contribution in [0.3, 0.4) is 0 Å². The van der Waals surface area contributed by atoms with Crippen molar-refractivity contribution in [2.24, 2.45) is 16.1 Å². The van der Waals surface area contributed by atoms with Crippen molar-refractivity contribution in [3.8, 4) is 0 Å². The van der Waals surface area contributed by atoms with Gasteiger partial charge in [0.25, 0.3) is 0 Å². The largest absolute Gasteiger partial charge is 0.402 e. The van der Waals surface area contributed by atoms with Crippen molar-refractivity contribution in [3.05, 3.63) is 11.3 Å². The maximum atomic E-state index is 5.82. The SMILES string of the molecule is CN=C1CC(C)(C)CCC1=C(C)N. The third-order valence-corrected chi connectivity index (χ3v) is 2.79. The van der Waals surface area contributed by atoms with Gasteiger partial charge in [-0.1, -0.05) is 13.8 Å². The van der Waals surface area contributed by atoms with Gasteiger partial charge in [-0.3, -0.25) is 4.99 Å². The highest BCUT2D eigenvalue weighted by atomic mass is 14.7. The molecule has 1 rings (SSSR count). The van der Waals surface area contributed by atoms with E-state index in [9.17, 15) is 0 Å². The summed E-state index contributed by atoms with van der Waals surface area (Å²) < 4.78 is 0. The van der Waals surface area contributed by atoms with Crippen LogP contribution < -0.4 is 5.73 Å². The van der Waals surface area contributed by atoms with Gasteiger partial charge in [-0.25, -0.2) is 0 Å². The molecule has 1 fully saturated rings. The normalized spacial score (nSPS) is 29.1. The molecule has 0 radical (unpaired) electrons. The predicted octanol–water partition coefficient (Wildman–Crippen LogP) is 2.50.